The van der Waals surface area contributed by atoms with Crippen molar-refractivity contribution in [3.63, 3.8) is 0 Å². The van der Waals surface area contributed by atoms with Gasteiger partial charge in [0.25, 0.3) is 0 Å². The van der Waals surface area contributed by atoms with E-state index in [2.05, 4.69) is 15.9 Å². The van der Waals surface area contributed by atoms with E-state index in [1.54, 1.807) is 11.8 Å². The van der Waals surface area contributed by atoms with Gasteiger partial charge in [0, 0.05) is 15.3 Å². The lowest BCUT2D eigenvalue weighted by atomic mass is 10.3. The fraction of sp³-hybridized carbons (Fsp3) is 0.333. The lowest BCUT2D eigenvalue weighted by Crippen LogP contribution is -1.92. The van der Waals surface area contributed by atoms with Gasteiger partial charge in [0.15, 0.2) is 0 Å². The molecule has 0 aliphatic carbocycles. The standard InChI is InChI=1S/C6H5BrCl2S/c1-3-4(8)2-10-6(9)5(3)7/h2H2,1H3. The van der Waals surface area contributed by atoms with Crippen LogP contribution in [-0.4, -0.2) is 5.75 Å². The number of hydrogen-bond donors (Lipinski definition) is 0. The van der Waals surface area contributed by atoms with Gasteiger partial charge in [0.1, 0.15) is 0 Å². The Morgan fingerprint density at radius 3 is 2.60 bits per heavy atom. The van der Waals surface area contributed by atoms with E-state index in [0.717, 1.165) is 25.2 Å². The van der Waals surface area contributed by atoms with E-state index < -0.39 is 0 Å². The zero-order valence-electron chi connectivity index (χ0n) is 5.25. The summed E-state index contributed by atoms with van der Waals surface area (Å²) in [6.07, 6.45) is 0. The Bertz CT molecular complexity index is 196. The molecule has 0 saturated heterocycles. The average molecular weight is 260 g/mol. The van der Waals surface area contributed by atoms with Crippen LogP contribution in [0.4, 0.5) is 0 Å². The molecule has 0 fully saturated rings. The highest BCUT2D eigenvalue weighted by atomic mass is 79.9. The van der Waals surface area contributed by atoms with Gasteiger partial charge in [0.05, 0.1) is 4.36 Å². The van der Waals surface area contributed by atoms with Gasteiger partial charge in [-0.05, 0) is 28.4 Å². The lowest BCUT2D eigenvalue weighted by Gasteiger charge is -2.12. The Morgan fingerprint density at radius 1 is 1.50 bits per heavy atom. The zero-order chi connectivity index (χ0) is 7.72. The molecule has 0 aromatic rings. The smallest absolute Gasteiger partial charge is 0.0883 e. The Kier molecular flexibility index (Phi) is 3.17. The molecule has 0 amide bonds. The fourth-order valence-corrected chi connectivity index (χ4v) is 2.57. The first-order valence-electron chi connectivity index (χ1n) is 2.66. The summed E-state index contributed by atoms with van der Waals surface area (Å²) in [5.41, 5.74) is 1.05. The number of hydrogen-bond acceptors (Lipinski definition) is 1. The van der Waals surface area contributed by atoms with E-state index >= 15 is 0 Å². The Labute approximate surface area is 82.8 Å². The molecule has 0 nitrogen and oxygen atoms in total. The maximum Gasteiger partial charge on any atom is 0.0883 e. The molecule has 1 aliphatic heterocycles. The van der Waals surface area contributed by atoms with Crippen LogP contribution in [0.5, 0.6) is 0 Å². The van der Waals surface area contributed by atoms with Crippen molar-refractivity contribution >= 4 is 50.9 Å². The van der Waals surface area contributed by atoms with E-state index in [1.807, 2.05) is 6.92 Å². The molecule has 56 valence electrons. The highest BCUT2D eigenvalue weighted by molar-refractivity contribution is 9.12. The van der Waals surface area contributed by atoms with Crippen molar-refractivity contribution in [2.24, 2.45) is 0 Å². The van der Waals surface area contributed by atoms with E-state index in [-0.39, 0.29) is 0 Å². The minimum Gasteiger partial charge on any atom is -0.107 e. The Morgan fingerprint density at radius 2 is 2.10 bits per heavy atom. The second-order valence-electron chi connectivity index (χ2n) is 1.91. The van der Waals surface area contributed by atoms with E-state index in [0.29, 0.717) is 0 Å². The molecule has 0 aromatic carbocycles. The van der Waals surface area contributed by atoms with Gasteiger partial charge < -0.3 is 0 Å². The predicted molar refractivity (Wildman–Crippen MR) is 52.8 cm³/mol. The second kappa shape index (κ2) is 3.53. The van der Waals surface area contributed by atoms with Crippen molar-refractivity contribution in [1.29, 1.82) is 0 Å². The largest absolute Gasteiger partial charge is 0.107 e. The van der Waals surface area contributed by atoms with Crippen molar-refractivity contribution in [3.05, 3.63) is 19.5 Å². The molecule has 0 N–H and O–H groups in total. The zero-order valence-corrected chi connectivity index (χ0v) is 9.16. The van der Waals surface area contributed by atoms with Gasteiger partial charge in [-0.25, -0.2) is 0 Å². The highest BCUT2D eigenvalue weighted by Gasteiger charge is 2.14. The van der Waals surface area contributed by atoms with Crippen LogP contribution in [0.15, 0.2) is 19.5 Å². The summed E-state index contributed by atoms with van der Waals surface area (Å²) >= 11 is 16.6. The molecule has 0 saturated carbocycles. The van der Waals surface area contributed by atoms with Crippen LogP contribution in [0.25, 0.3) is 0 Å². The first kappa shape index (κ1) is 8.98. The first-order chi connectivity index (χ1) is 4.63. The molecular formula is C6H5BrCl2S. The summed E-state index contributed by atoms with van der Waals surface area (Å²) in [7, 11) is 0. The van der Waals surface area contributed by atoms with Crippen LogP contribution in [0.2, 0.25) is 0 Å². The van der Waals surface area contributed by atoms with E-state index in [4.69, 9.17) is 23.2 Å². The third-order valence-corrected chi connectivity index (χ3v) is 4.70. The molecule has 0 unspecified atom stereocenters. The minimum atomic E-state index is 0.793. The summed E-state index contributed by atoms with van der Waals surface area (Å²) in [5.74, 6) is 0.793. The maximum atomic E-state index is 5.86. The first-order valence-corrected chi connectivity index (χ1v) is 5.20. The molecule has 1 rings (SSSR count). The van der Waals surface area contributed by atoms with Crippen LogP contribution in [0, 0.1) is 0 Å². The van der Waals surface area contributed by atoms with E-state index in [1.165, 1.54) is 0 Å². The molecule has 0 aromatic heterocycles. The average Bonchev–Trinajstić information content (AvgIpc) is 1.93. The van der Waals surface area contributed by atoms with Crippen molar-refractivity contribution in [1.82, 2.24) is 0 Å². The maximum absolute atomic E-state index is 5.86. The lowest BCUT2D eigenvalue weighted by molar-refractivity contribution is 1.43. The second-order valence-corrected chi connectivity index (χ2v) is 4.74. The van der Waals surface area contributed by atoms with Gasteiger partial charge in [-0.1, -0.05) is 23.2 Å². The summed E-state index contributed by atoms with van der Waals surface area (Å²) in [5, 5.41) is 0.876. The summed E-state index contributed by atoms with van der Waals surface area (Å²) in [6.45, 7) is 1.95. The molecule has 0 radical (unpaired) electrons. The van der Waals surface area contributed by atoms with E-state index in [9.17, 15) is 0 Å². The molecule has 0 bridgehead atoms. The van der Waals surface area contributed by atoms with Gasteiger partial charge in [-0.15, -0.1) is 11.8 Å². The van der Waals surface area contributed by atoms with Crippen LogP contribution < -0.4 is 0 Å². The van der Waals surface area contributed by atoms with Crippen molar-refractivity contribution in [2.75, 3.05) is 5.75 Å². The topological polar surface area (TPSA) is 0 Å². The van der Waals surface area contributed by atoms with Gasteiger partial charge in [0.2, 0.25) is 0 Å². The highest BCUT2D eigenvalue weighted by Crippen LogP contribution is 2.40. The van der Waals surface area contributed by atoms with Crippen molar-refractivity contribution < 1.29 is 0 Å². The summed E-state index contributed by atoms with van der Waals surface area (Å²) in [4.78, 5) is 0. The molecule has 0 atom stereocenters. The normalized spacial score (nSPS) is 20.4. The molecule has 1 heterocycles. The quantitative estimate of drug-likeness (QED) is 0.633. The van der Waals surface area contributed by atoms with Crippen molar-refractivity contribution in [2.45, 2.75) is 6.92 Å². The number of halogens is 3. The Hall–Kier alpha value is 0.890. The molecule has 4 heteroatoms. The van der Waals surface area contributed by atoms with Crippen LogP contribution in [-0.2, 0) is 0 Å². The molecular weight excluding hydrogens is 255 g/mol. The van der Waals surface area contributed by atoms with Gasteiger partial charge >= 0.3 is 0 Å². The van der Waals surface area contributed by atoms with Crippen molar-refractivity contribution in [3.8, 4) is 0 Å². The SMILES string of the molecule is CC1=C(Cl)CSC(Cl)=C1Br. The number of thioether (sulfide) groups is 1. The van der Waals surface area contributed by atoms with Gasteiger partial charge in [-0.3, -0.25) is 0 Å². The monoisotopic (exact) mass is 258 g/mol. The van der Waals surface area contributed by atoms with Crippen LogP contribution in [0.3, 0.4) is 0 Å². The predicted octanol–water partition coefficient (Wildman–Crippen LogP) is 4.05. The van der Waals surface area contributed by atoms with Crippen LogP contribution >= 0.6 is 50.9 Å². The fourth-order valence-electron chi connectivity index (χ4n) is 0.565. The minimum absolute atomic E-state index is 0.793. The molecule has 0 spiro atoms. The number of rotatable bonds is 0. The Balaban J connectivity index is 3.01. The molecule has 10 heavy (non-hydrogen) atoms. The third kappa shape index (κ3) is 1.73. The third-order valence-electron chi connectivity index (χ3n) is 1.23. The van der Waals surface area contributed by atoms with Gasteiger partial charge in [-0.2, -0.15) is 0 Å². The van der Waals surface area contributed by atoms with Crippen LogP contribution in [0.1, 0.15) is 6.92 Å². The molecule has 1 aliphatic rings. The summed E-state index contributed by atoms with van der Waals surface area (Å²) < 4.78 is 1.72. The number of allylic oxidation sites excluding steroid dienone is 2. The summed E-state index contributed by atoms with van der Waals surface area (Å²) in [6, 6.07) is 0.